The van der Waals surface area contributed by atoms with Crippen molar-refractivity contribution in [2.24, 2.45) is 0 Å². The molecule has 0 amide bonds. The van der Waals surface area contributed by atoms with E-state index in [4.69, 9.17) is 22.3 Å². The van der Waals surface area contributed by atoms with Crippen molar-refractivity contribution in [1.29, 1.82) is 0 Å². The average Bonchev–Trinajstić information content (AvgIpc) is 2.33. The molecule has 1 heterocycles. The van der Waals surface area contributed by atoms with E-state index in [0.29, 0.717) is 5.95 Å². The number of hydrogen-bond donors (Lipinski definition) is 1. The zero-order valence-corrected chi connectivity index (χ0v) is 8.73. The fourth-order valence-electron chi connectivity index (χ4n) is 0.791. The third kappa shape index (κ3) is 3.35. The number of aromatic nitrogens is 3. The Labute approximate surface area is 93.4 Å². The summed E-state index contributed by atoms with van der Waals surface area (Å²) in [6, 6.07) is 0.175. The van der Waals surface area contributed by atoms with Crippen molar-refractivity contribution >= 4 is 5.95 Å². The molecule has 0 saturated heterocycles. The Morgan fingerprint density at radius 3 is 1.94 bits per heavy atom. The second-order valence-electron chi connectivity index (χ2n) is 2.46. The van der Waals surface area contributed by atoms with E-state index in [1.54, 1.807) is 7.05 Å². The number of nitrogens with zero attached hydrogens (tertiary/aromatic N) is 3. The molecule has 0 aliphatic rings. The Morgan fingerprint density at radius 1 is 1.06 bits per heavy atom. The zero-order valence-electron chi connectivity index (χ0n) is 8.73. The second-order valence-corrected chi connectivity index (χ2v) is 2.46. The second kappa shape index (κ2) is 6.10. The summed E-state index contributed by atoms with van der Waals surface area (Å²) in [5.74, 6) is 4.91. The van der Waals surface area contributed by atoms with E-state index in [0.717, 1.165) is 0 Å². The maximum absolute atomic E-state index is 5.05. The summed E-state index contributed by atoms with van der Waals surface area (Å²) in [7, 11) is 1.66. The molecule has 0 unspecified atom stereocenters. The first kappa shape index (κ1) is 11.6. The smallest absolute Gasteiger partial charge is 0.325 e. The van der Waals surface area contributed by atoms with Crippen LogP contribution in [0.2, 0.25) is 0 Å². The van der Waals surface area contributed by atoms with Crippen LogP contribution in [0.15, 0.2) is 0 Å². The third-order valence-electron chi connectivity index (χ3n) is 1.39. The largest absolute Gasteiger partial charge is 0.450 e. The van der Waals surface area contributed by atoms with Gasteiger partial charge in [0, 0.05) is 7.05 Å². The van der Waals surface area contributed by atoms with Crippen molar-refractivity contribution < 1.29 is 9.47 Å². The number of nitrogens with one attached hydrogen (secondary N) is 1. The van der Waals surface area contributed by atoms with E-state index in [9.17, 15) is 0 Å². The van der Waals surface area contributed by atoms with Gasteiger partial charge in [-0.15, -0.1) is 17.8 Å². The highest BCUT2D eigenvalue weighted by atomic mass is 16.5. The Bertz CT molecular complexity index is 397. The lowest BCUT2D eigenvalue weighted by atomic mass is 10.7. The van der Waals surface area contributed by atoms with E-state index >= 15 is 0 Å². The van der Waals surface area contributed by atoms with Crippen LogP contribution in [0.4, 0.5) is 5.95 Å². The molecule has 0 aromatic carbocycles. The van der Waals surface area contributed by atoms with Crippen LogP contribution in [0.25, 0.3) is 0 Å². The molecule has 0 bridgehead atoms. The van der Waals surface area contributed by atoms with Crippen LogP contribution in [-0.2, 0) is 0 Å². The van der Waals surface area contributed by atoms with Crippen LogP contribution in [0.5, 0.6) is 12.0 Å². The maximum atomic E-state index is 5.05. The minimum absolute atomic E-state index is 0.0712. The van der Waals surface area contributed by atoms with E-state index in [-0.39, 0.29) is 25.2 Å². The molecular weight excluding hydrogens is 208 g/mol. The van der Waals surface area contributed by atoms with E-state index < -0.39 is 0 Å². The molecular formula is C10H10N4O2. The number of terminal acetylenes is 2. The molecule has 0 atom stereocenters. The summed E-state index contributed by atoms with van der Waals surface area (Å²) in [6.07, 6.45) is 10.1. The minimum Gasteiger partial charge on any atom is -0.450 e. The van der Waals surface area contributed by atoms with Gasteiger partial charge in [-0.05, 0) is 0 Å². The molecule has 6 nitrogen and oxygen atoms in total. The third-order valence-corrected chi connectivity index (χ3v) is 1.39. The van der Waals surface area contributed by atoms with Crippen molar-refractivity contribution in [2.45, 2.75) is 0 Å². The van der Waals surface area contributed by atoms with Gasteiger partial charge in [-0.25, -0.2) is 0 Å². The number of rotatable bonds is 5. The van der Waals surface area contributed by atoms with Crippen molar-refractivity contribution in [3.05, 3.63) is 0 Å². The molecule has 0 fully saturated rings. The summed E-state index contributed by atoms with van der Waals surface area (Å²) in [5.41, 5.74) is 0. The molecule has 1 aromatic heterocycles. The SMILES string of the molecule is C#CCOc1nc(NC)nc(OCC#C)n1. The first-order valence-electron chi connectivity index (χ1n) is 4.36. The summed E-state index contributed by atoms with van der Waals surface area (Å²) in [4.78, 5) is 11.7. The van der Waals surface area contributed by atoms with Gasteiger partial charge in [0.2, 0.25) is 5.95 Å². The lowest BCUT2D eigenvalue weighted by Crippen LogP contribution is -2.07. The monoisotopic (exact) mass is 218 g/mol. The molecule has 1 rings (SSSR count). The maximum Gasteiger partial charge on any atom is 0.325 e. The summed E-state index contributed by atoms with van der Waals surface area (Å²) < 4.78 is 10.1. The first-order valence-corrected chi connectivity index (χ1v) is 4.36. The van der Waals surface area contributed by atoms with Gasteiger partial charge in [0.1, 0.15) is 0 Å². The molecule has 0 radical (unpaired) electrons. The van der Waals surface area contributed by atoms with Crippen molar-refractivity contribution in [2.75, 3.05) is 25.6 Å². The Balaban J connectivity index is 2.84. The highest BCUT2D eigenvalue weighted by Gasteiger charge is 2.06. The summed E-state index contributed by atoms with van der Waals surface area (Å²) >= 11 is 0. The first-order chi connectivity index (χ1) is 7.80. The van der Waals surface area contributed by atoms with Crippen LogP contribution < -0.4 is 14.8 Å². The van der Waals surface area contributed by atoms with Gasteiger partial charge in [0.05, 0.1) is 0 Å². The Morgan fingerprint density at radius 2 is 1.56 bits per heavy atom. The topological polar surface area (TPSA) is 69.2 Å². The van der Waals surface area contributed by atoms with Gasteiger partial charge in [0.25, 0.3) is 0 Å². The van der Waals surface area contributed by atoms with Gasteiger partial charge in [-0.1, -0.05) is 11.8 Å². The fraction of sp³-hybridized carbons (Fsp3) is 0.300. The molecule has 6 heteroatoms. The molecule has 16 heavy (non-hydrogen) atoms. The molecule has 0 aliphatic heterocycles. The van der Waals surface area contributed by atoms with Crippen molar-refractivity contribution in [3.63, 3.8) is 0 Å². The van der Waals surface area contributed by atoms with Crippen LogP contribution in [0.3, 0.4) is 0 Å². The Kier molecular flexibility index (Phi) is 4.42. The standard InChI is InChI=1S/C10H10N4O2/c1-4-6-15-9-12-8(11-3)13-10(14-9)16-7-5-2/h1-2H,6-7H2,3H3,(H,11,12,13,14). The van der Waals surface area contributed by atoms with Gasteiger partial charge >= 0.3 is 12.0 Å². The van der Waals surface area contributed by atoms with E-state index in [1.165, 1.54) is 0 Å². The van der Waals surface area contributed by atoms with Crippen LogP contribution in [0.1, 0.15) is 0 Å². The molecule has 1 N–H and O–H groups in total. The van der Waals surface area contributed by atoms with Crippen LogP contribution in [-0.4, -0.2) is 35.2 Å². The lowest BCUT2D eigenvalue weighted by molar-refractivity contribution is 0.304. The van der Waals surface area contributed by atoms with Crippen LogP contribution >= 0.6 is 0 Å². The van der Waals surface area contributed by atoms with Gasteiger partial charge in [-0.2, -0.15) is 9.97 Å². The van der Waals surface area contributed by atoms with Crippen molar-refractivity contribution in [1.82, 2.24) is 15.0 Å². The molecule has 0 saturated carbocycles. The Hall–Kier alpha value is -2.47. The molecule has 0 spiro atoms. The predicted octanol–water partition coefficient (Wildman–Crippen LogP) is -0.0627. The summed E-state index contributed by atoms with van der Waals surface area (Å²) in [6.45, 7) is 0.142. The highest BCUT2D eigenvalue weighted by molar-refractivity contribution is 5.26. The lowest BCUT2D eigenvalue weighted by Gasteiger charge is -2.05. The normalized spacial score (nSPS) is 8.69. The number of hydrogen-bond acceptors (Lipinski definition) is 6. The van der Waals surface area contributed by atoms with E-state index in [2.05, 4.69) is 32.1 Å². The van der Waals surface area contributed by atoms with Gasteiger partial charge < -0.3 is 14.8 Å². The zero-order chi connectivity index (χ0) is 11.8. The van der Waals surface area contributed by atoms with Crippen LogP contribution in [0, 0.1) is 24.7 Å². The average molecular weight is 218 g/mol. The molecule has 1 aromatic rings. The predicted molar refractivity (Wildman–Crippen MR) is 58.0 cm³/mol. The number of anilines is 1. The highest BCUT2D eigenvalue weighted by Crippen LogP contribution is 2.12. The molecule has 82 valence electrons. The minimum atomic E-state index is 0.0712. The van der Waals surface area contributed by atoms with Gasteiger partial charge in [0.15, 0.2) is 13.2 Å². The summed E-state index contributed by atoms with van der Waals surface area (Å²) in [5, 5.41) is 2.74. The van der Waals surface area contributed by atoms with E-state index in [1.807, 2.05) is 0 Å². The number of ether oxygens (including phenoxy) is 2. The molecule has 0 aliphatic carbocycles. The quantitative estimate of drug-likeness (QED) is 0.698. The van der Waals surface area contributed by atoms with Gasteiger partial charge in [-0.3, -0.25) is 0 Å². The fourth-order valence-corrected chi connectivity index (χ4v) is 0.791. The van der Waals surface area contributed by atoms with Crippen molar-refractivity contribution in [3.8, 4) is 36.7 Å².